The van der Waals surface area contributed by atoms with Crippen molar-refractivity contribution in [3.05, 3.63) is 34.3 Å². The Kier molecular flexibility index (Phi) is 8.80. The molecule has 1 aromatic rings. The molecular formula is C17H26BrN2O3S+. The first-order valence-corrected chi connectivity index (χ1v) is 9.23. The number of benzene rings is 1. The smallest absolute Gasteiger partial charge is 0.306 e. The Morgan fingerprint density at radius 2 is 1.96 bits per heavy atom. The third-order valence-electron chi connectivity index (χ3n) is 3.43. The Labute approximate surface area is 157 Å². The van der Waals surface area contributed by atoms with E-state index in [2.05, 4.69) is 55.0 Å². The van der Waals surface area contributed by atoms with Gasteiger partial charge in [-0.05, 0) is 6.07 Å². The molecule has 0 aliphatic heterocycles. The lowest BCUT2D eigenvalue weighted by Crippen LogP contribution is -2.43. The molecular weight excluding hydrogens is 392 g/mol. The highest BCUT2D eigenvalue weighted by Crippen LogP contribution is 2.17. The normalized spacial score (nSPS) is 12.5. The standard InChI is InChI=1S/C17H25BrN2O3S/c1-20(2,3)9-8-19-17(22)14(12-24)10-16(21)23-11-13-6-4-5-7-15(13)18/h4-7,14H,8-12H2,1-3H3,(H-,19,22,24)/p+1/t14-/m0/s1. The number of ether oxygens (including phenoxy) is 1. The average Bonchev–Trinajstić information content (AvgIpc) is 2.50. The third kappa shape index (κ3) is 8.17. The minimum absolute atomic E-state index is 0.0319. The number of hydrogen-bond donors (Lipinski definition) is 2. The summed E-state index contributed by atoms with van der Waals surface area (Å²) in [6.45, 7) is 1.57. The highest BCUT2D eigenvalue weighted by Gasteiger charge is 2.22. The van der Waals surface area contributed by atoms with E-state index in [0.717, 1.165) is 21.1 Å². The van der Waals surface area contributed by atoms with E-state index in [0.29, 0.717) is 12.3 Å². The van der Waals surface area contributed by atoms with Crippen molar-refractivity contribution < 1.29 is 18.8 Å². The lowest BCUT2D eigenvalue weighted by atomic mass is 10.1. The highest BCUT2D eigenvalue weighted by molar-refractivity contribution is 9.10. The number of rotatable bonds is 9. The van der Waals surface area contributed by atoms with Crippen LogP contribution in [-0.2, 0) is 20.9 Å². The van der Waals surface area contributed by atoms with Gasteiger partial charge in [0.2, 0.25) is 5.91 Å². The lowest BCUT2D eigenvalue weighted by Gasteiger charge is -2.24. The molecule has 0 aliphatic carbocycles. The summed E-state index contributed by atoms with van der Waals surface area (Å²) in [5.41, 5.74) is 0.890. The number of carbonyl (C=O) groups excluding carboxylic acids is 2. The molecule has 134 valence electrons. The SMILES string of the molecule is C[N+](C)(C)CCNC(=O)[C@H](CS)CC(=O)OCc1ccccc1Br. The maximum atomic E-state index is 12.1. The predicted octanol–water partition coefficient (Wildman–Crippen LogP) is 2.25. The van der Waals surface area contributed by atoms with Crippen molar-refractivity contribution in [2.45, 2.75) is 13.0 Å². The molecule has 5 nitrogen and oxygen atoms in total. The van der Waals surface area contributed by atoms with Gasteiger partial charge in [0.05, 0.1) is 46.6 Å². The van der Waals surface area contributed by atoms with Crippen molar-refractivity contribution >= 4 is 40.4 Å². The zero-order valence-electron chi connectivity index (χ0n) is 14.4. The fraction of sp³-hybridized carbons (Fsp3) is 0.529. The van der Waals surface area contributed by atoms with E-state index in [1.54, 1.807) is 0 Å². The molecule has 0 bridgehead atoms. The maximum Gasteiger partial charge on any atom is 0.306 e. The Bertz CT molecular complexity index is 561. The molecule has 0 saturated carbocycles. The van der Waals surface area contributed by atoms with Crippen molar-refractivity contribution in [2.75, 3.05) is 40.0 Å². The van der Waals surface area contributed by atoms with E-state index in [1.807, 2.05) is 24.3 Å². The summed E-state index contributed by atoms with van der Waals surface area (Å²) in [4.78, 5) is 24.1. The number of nitrogens with one attached hydrogen (secondary N) is 1. The first-order chi connectivity index (χ1) is 11.2. The molecule has 0 spiro atoms. The van der Waals surface area contributed by atoms with Gasteiger partial charge in [-0.1, -0.05) is 34.1 Å². The average molecular weight is 418 g/mol. The van der Waals surface area contributed by atoms with Crippen LogP contribution >= 0.6 is 28.6 Å². The first kappa shape index (κ1) is 21.0. The Morgan fingerprint density at radius 1 is 1.29 bits per heavy atom. The van der Waals surface area contributed by atoms with Crippen LogP contribution in [0.2, 0.25) is 0 Å². The maximum absolute atomic E-state index is 12.1. The van der Waals surface area contributed by atoms with E-state index in [9.17, 15) is 9.59 Å². The highest BCUT2D eigenvalue weighted by atomic mass is 79.9. The topological polar surface area (TPSA) is 55.4 Å². The van der Waals surface area contributed by atoms with Gasteiger partial charge in [0.25, 0.3) is 0 Å². The van der Waals surface area contributed by atoms with Gasteiger partial charge in [-0.3, -0.25) is 9.59 Å². The van der Waals surface area contributed by atoms with E-state index in [4.69, 9.17) is 4.74 Å². The monoisotopic (exact) mass is 417 g/mol. The Hall–Kier alpha value is -1.05. The van der Waals surface area contributed by atoms with Gasteiger partial charge in [0.1, 0.15) is 6.61 Å². The molecule has 24 heavy (non-hydrogen) atoms. The van der Waals surface area contributed by atoms with Crippen LogP contribution in [0.3, 0.4) is 0 Å². The van der Waals surface area contributed by atoms with Crippen molar-refractivity contribution in [1.29, 1.82) is 0 Å². The van der Waals surface area contributed by atoms with Crippen molar-refractivity contribution in [1.82, 2.24) is 5.32 Å². The van der Waals surface area contributed by atoms with Gasteiger partial charge in [-0.25, -0.2) is 0 Å². The van der Waals surface area contributed by atoms with E-state index in [1.165, 1.54) is 0 Å². The van der Waals surface area contributed by atoms with Crippen LogP contribution in [-0.4, -0.2) is 56.3 Å². The lowest BCUT2D eigenvalue weighted by molar-refractivity contribution is -0.869. The first-order valence-electron chi connectivity index (χ1n) is 7.81. The Morgan fingerprint density at radius 3 is 2.54 bits per heavy atom. The summed E-state index contributed by atoms with van der Waals surface area (Å²) in [6, 6.07) is 7.55. The second kappa shape index (κ2) is 10.1. The molecule has 0 aromatic heterocycles. The van der Waals surface area contributed by atoms with Gasteiger partial charge in [0.15, 0.2) is 0 Å². The van der Waals surface area contributed by atoms with E-state index >= 15 is 0 Å². The molecule has 0 saturated heterocycles. The van der Waals surface area contributed by atoms with Gasteiger partial charge in [-0.15, -0.1) is 0 Å². The van der Waals surface area contributed by atoms with E-state index < -0.39 is 11.9 Å². The molecule has 0 radical (unpaired) electrons. The largest absolute Gasteiger partial charge is 0.461 e. The second-order valence-corrected chi connectivity index (χ2v) is 7.86. The molecule has 0 fully saturated rings. The Balaban J connectivity index is 2.42. The minimum Gasteiger partial charge on any atom is -0.461 e. The van der Waals surface area contributed by atoms with Gasteiger partial charge in [0, 0.05) is 15.8 Å². The minimum atomic E-state index is -0.479. The van der Waals surface area contributed by atoms with Crippen molar-refractivity contribution in [2.24, 2.45) is 5.92 Å². The van der Waals surface area contributed by atoms with Gasteiger partial charge in [-0.2, -0.15) is 12.6 Å². The summed E-state index contributed by atoms with van der Waals surface area (Å²) in [5.74, 6) is -0.726. The molecule has 1 rings (SSSR count). The fourth-order valence-corrected chi connectivity index (χ4v) is 2.63. The predicted molar refractivity (Wildman–Crippen MR) is 102 cm³/mol. The molecule has 1 aromatic carbocycles. The van der Waals surface area contributed by atoms with Gasteiger partial charge < -0.3 is 14.5 Å². The number of halogens is 1. The number of esters is 1. The molecule has 0 aliphatic rings. The molecule has 0 heterocycles. The molecule has 1 amide bonds. The number of amides is 1. The van der Waals surface area contributed by atoms with Crippen LogP contribution in [0, 0.1) is 5.92 Å². The number of quaternary nitrogens is 1. The van der Waals surface area contributed by atoms with Crippen LogP contribution in [0.15, 0.2) is 28.7 Å². The summed E-state index contributed by atoms with van der Waals surface area (Å²) < 4.78 is 6.92. The van der Waals surface area contributed by atoms with Crippen LogP contribution in [0.4, 0.5) is 0 Å². The number of thiol groups is 1. The van der Waals surface area contributed by atoms with Crippen LogP contribution < -0.4 is 5.32 Å². The van der Waals surface area contributed by atoms with Crippen molar-refractivity contribution in [3.8, 4) is 0 Å². The molecule has 1 N–H and O–H groups in total. The summed E-state index contributed by atoms with van der Waals surface area (Å²) in [5, 5.41) is 2.86. The molecule has 0 unspecified atom stereocenters. The summed E-state index contributed by atoms with van der Waals surface area (Å²) >= 11 is 7.59. The quantitative estimate of drug-likeness (QED) is 0.368. The van der Waals surface area contributed by atoms with Crippen LogP contribution in [0.5, 0.6) is 0 Å². The third-order valence-corrected chi connectivity index (χ3v) is 4.65. The number of nitrogens with zero attached hydrogens (tertiary/aromatic N) is 1. The van der Waals surface area contributed by atoms with Crippen LogP contribution in [0.1, 0.15) is 12.0 Å². The summed E-state index contributed by atoms with van der Waals surface area (Å²) in [7, 11) is 6.17. The number of carbonyl (C=O) groups is 2. The number of likely N-dealkylation sites (N-methyl/N-ethyl adjacent to an activating group) is 1. The fourth-order valence-electron chi connectivity index (χ4n) is 1.93. The van der Waals surface area contributed by atoms with Gasteiger partial charge >= 0.3 is 5.97 Å². The zero-order valence-corrected chi connectivity index (χ0v) is 16.9. The van der Waals surface area contributed by atoms with E-state index in [-0.39, 0.29) is 18.9 Å². The van der Waals surface area contributed by atoms with Crippen molar-refractivity contribution in [3.63, 3.8) is 0 Å². The summed E-state index contributed by atoms with van der Waals surface area (Å²) in [6.07, 6.45) is 0.0319. The number of hydrogen-bond acceptors (Lipinski definition) is 4. The second-order valence-electron chi connectivity index (χ2n) is 6.64. The molecule has 7 heteroatoms. The zero-order chi connectivity index (χ0) is 18.2. The molecule has 1 atom stereocenters. The van der Waals surface area contributed by atoms with Crippen LogP contribution in [0.25, 0.3) is 0 Å².